The number of nitrogens with zero attached hydrogens (tertiary/aromatic N) is 2. The quantitative estimate of drug-likeness (QED) is 0.567. The Morgan fingerprint density at radius 3 is 2.37 bits per heavy atom. The second kappa shape index (κ2) is 8.58. The molecular weight excluding hydrogens is 426 g/mol. The third-order valence-corrected chi connectivity index (χ3v) is 8.09. The van der Waals surface area contributed by atoms with Crippen molar-refractivity contribution in [2.24, 2.45) is 0 Å². The monoisotopic (exact) mass is 449 g/mol. The highest BCUT2D eigenvalue weighted by Crippen LogP contribution is 2.32. The minimum Gasteiger partial charge on any atom is -0.495 e. The molecule has 0 aliphatic carbocycles. The topological polar surface area (TPSA) is 106 Å². The number of hydrogen-bond acceptors (Lipinski definition) is 6. The summed E-state index contributed by atoms with van der Waals surface area (Å²) in [5.74, 6) is 0.199. The van der Waals surface area contributed by atoms with E-state index >= 15 is 0 Å². The van der Waals surface area contributed by atoms with E-state index in [-0.39, 0.29) is 21.2 Å². The van der Waals surface area contributed by atoms with Crippen LogP contribution in [-0.2, 0) is 20.0 Å². The van der Waals surface area contributed by atoms with Gasteiger partial charge in [0, 0.05) is 24.7 Å². The predicted octanol–water partition coefficient (Wildman–Crippen LogP) is 3.07. The molecule has 30 heavy (non-hydrogen) atoms. The van der Waals surface area contributed by atoms with Crippen LogP contribution < -0.4 is 9.46 Å². The molecule has 3 aromatic rings. The molecule has 1 heterocycles. The first-order valence-corrected chi connectivity index (χ1v) is 12.2. The first-order valence-electron chi connectivity index (χ1n) is 9.29. The number of anilines is 1. The molecule has 0 radical (unpaired) electrons. The van der Waals surface area contributed by atoms with Gasteiger partial charge in [-0.3, -0.25) is 9.71 Å². The fraction of sp³-hybridized carbons (Fsp3) is 0.250. The van der Waals surface area contributed by atoms with Crippen molar-refractivity contribution in [3.63, 3.8) is 0 Å². The Hall–Kier alpha value is -2.69. The molecular formula is C20H23N3O5S2. The standard InChI is InChI=1S/C20H23N3O5S2/c1-4-23(5-2)30(26,27)16-11-12-18(28-3)17(14-16)22-29(24,25)19-10-6-8-15-9-7-13-21-20(15)19/h6-14,22H,4-5H2,1-3H3. The van der Waals surface area contributed by atoms with E-state index in [1.807, 2.05) is 0 Å². The summed E-state index contributed by atoms with van der Waals surface area (Å²) in [5.41, 5.74) is 0.344. The first-order chi connectivity index (χ1) is 14.2. The van der Waals surface area contributed by atoms with Gasteiger partial charge in [-0.25, -0.2) is 16.8 Å². The first kappa shape index (κ1) is 22.0. The van der Waals surface area contributed by atoms with E-state index in [1.54, 1.807) is 38.1 Å². The Balaban J connectivity index is 2.09. The second-order valence-electron chi connectivity index (χ2n) is 6.39. The molecule has 0 unspecified atom stereocenters. The van der Waals surface area contributed by atoms with Crippen molar-refractivity contribution in [1.82, 2.24) is 9.29 Å². The van der Waals surface area contributed by atoms with Crippen LogP contribution in [0.3, 0.4) is 0 Å². The smallest absolute Gasteiger partial charge is 0.264 e. The summed E-state index contributed by atoms with van der Waals surface area (Å²) < 4.78 is 61.0. The van der Waals surface area contributed by atoms with Gasteiger partial charge in [-0.05, 0) is 30.3 Å². The average Bonchev–Trinajstić information content (AvgIpc) is 2.73. The molecule has 0 atom stereocenters. The average molecular weight is 450 g/mol. The lowest BCUT2D eigenvalue weighted by Gasteiger charge is -2.20. The van der Waals surface area contributed by atoms with Crippen molar-refractivity contribution in [2.75, 3.05) is 24.9 Å². The van der Waals surface area contributed by atoms with Crippen LogP contribution in [0.1, 0.15) is 13.8 Å². The number of pyridine rings is 1. The number of fused-ring (bicyclic) bond motifs is 1. The number of hydrogen-bond donors (Lipinski definition) is 1. The molecule has 160 valence electrons. The fourth-order valence-electron chi connectivity index (χ4n) is 3.13. The van der Waals surface area contributed by atoms with Crippen molar-refractivity contribution in [1.29, 1.82) is 0 Å². The Labute approximate surface area is 176 Å². The predicted molar refractivity (Wildman–Crippen MR) is 116 cm³/mol. The van der Waals surface area contributed by atoms with E-state index in [0.717, 1.165) is 0 Å². The summed E-state index contributed by atoms with van der Waals surface area (Å²) in [6.07, 6.45) is 1.51. The maximum absolute atomic E-state index is 13.1. The number of ether oxygens (including phenoxy) is 1. The van der Waals surface area contributed by atoms with Gasteiger partial charge in [0.15, 0.2) is 0 Å². The van der Waals surface area contributed by atoms with Gasteiger partial charge in [-0.15, -0.1) is 0 Å². The zero-order valence-electron chi connectivity index (χ0n) is 16.9. The van der Waals surface area contributed by atoms with Crippen LogP contribution in [0.25, 0.3) is 10.9 Å². The number of aromatic nitrogens is 1. The Bertz CT molecular complexity index is 1270. The van der Waals surface area contributed by atoms with Gasteiger partial charge in [-0.1, -0.05) is 32.0 Å². The zero-order chi connectivity index (χ0) is 21.9. The largest absolute Gasteiger partial charge is 0.495 e. The molecule has 3 rings (SSSR count). The second-order valence-corrected chi connectivity index (χ2v) is 9.98. The minimum atomic E-state index is -4.07. The van der Waals surface area contributed by atoms with Gasteiger partial charge in [0.2, 0.25) is 10.0 Å². The lowest BCUT2D eigenvalue weighted by Crippen LogP contribution is -2.30. The lowest BCUT2D eigenvalue weighted by molar-refractivity contribution is 0.416. The SMILES string of the molecule is CCN(CC)S(=O)(=O)c1ccc(OC)c(NS(=O)(=O)c2cccc3cccnc23)c1. The molecule has 10 heteroatoms. The van der Waals surface area contributed by atoms with Gasteiger partial charge in [-0.2, -0.15) is 4.31 Å². The van der Waals surface area contributed by atoms with E-state index in [9.17, 15) is 16.8 Å². The van der Waals surface area contributed by atoms with Gasteiger partial charge in [0.05, 0.1) is 23.2 Å². The van der Waals surface area contributed by atoms with Gasteiger partial charge >= 0.3 is 0 Å². The molecule has 1 N–H and O–H groups in total. The van der Waals surface area contributed by atoms with E-state index < -0.39 is 20.0 Å². The van der Waals surface area contributed by atoms with Crippen molar-refractivity contribution >= 4 is 36.6 Å². The summed E-state index contributed by atoms with van der Waals surface area (Å²) >= 11 is 0. The molecule has 0 fully saturated rings. The van der Waals surface area contributed by atoms with Crippen molar-refractivity contribution in [2.45, 2.75) is 23.6 Å². The van der Waals surface area contributed by atoms with Gasteiger partial charge in [0.25, 0.3) is 10.0 Å². The van der Waals surface area contributed by atoms with Crippen molar-refractivity contribution in [3.05, 3.63) is 54.7 Å². The third kappa shape index (κ3) is 4.11. The Morgan fingerprint density at radius 1 is 1.00 bits per heavy atom. The number of benzene rings is 2. The highest BCUT2D eigenvalue weighted by molar-refractivity contribution is 7.93. The zero-order valence-corrected chi connectivity index (χ0v) is 18.5. The lowest BCUT2D eigenvalue weighted by atomic mass is 10.2. The Morgan fingerprint density at radius 2 is 1.70 bits per heavy atom. The maximum Gasteiger partial charge on any atom is 0.264 e. The number of rotatable bonds is 8. The fourth-order valence-corrected chi connectivity index (χ4v) is 5.86. The van der Waals surface area contributed by atoms with Crippen LogP contribution in [0, 0.1) is 0 Å². The molecule has 0 saturated carbocycles. The number of methoxy groups -OCH3 is 1. The Kier molecular flexibility index (Phi) is 6.30. The van der Waals surface area contributed by atoms with E-state index in [2.05, 4.69) is 9.71 Å². The molecule has 0 spiro atoms. The molecule has 2 aromatic carbocycles. The van der Waals surface area contributed by atoms with Crippen LogP contribution in [0.4, 0.5) is 5.69 Å². The molecule has 0 aliphatic rings. The van der Waals surface area contributed by atoms with Gasteiger partial charge in [0.1, 0.15) is 10.6 Å². The number of nitrogens with one attached hydrogen (secondary N) is 1. The van der Waals surface area contributed by atoms with Crippen LogP contribution in [-0.4, -0.2) is 46.3 Å². The molecule has 8 nitrogen and oxygen atoms in total. The molecule has 0 bridgehead atoms. The van der Waals surface area contributed by atoms with Gasteiger partial charge < -0.3 is 4.74 Å². The molecule has 1 aromatic heterocycles. The van der Waals surface area contributed by atoms with Crippen LogP contribution in [0.15, 0.2) is 64.5 Å². The summed E-state index contributed by atoms with van der Waals surface area (Å²) in [5, 5.41) is 0.671. The summed E-state index contributed by atoms with van der Waals surface area (Å²) in [6.45, 7) is 4.07. The maximum atomic E-state index is 13.1. The third-order valence-electron chi connectivity index (χ3n) is 4.64. The van der Waals surface area contributed by atoms with Crippen LogP contribution in [0.2, 0.25) is 0 Å². The molecule has 0 saturated heterocycles. The molecule has 0 amide bonds. The van der Waals surface area contributed by atoms with Crippen LogP contribution >= 0.6 is 0 Å². The summed E-state index contributed by atoms with van der Waals surface area (Å²) in [6, 6.07) is 12.4. The highest BCUT2D eigenvalue weighted by atomic mass is 32.2. The normalized spacial score (nSPS) is 12.3. The van der Waals surface area contributed by atoms with E-state index in [4.69, 9.17) is 4.74 Å². The minimum absolute atomic E-state index is 0.0142. The van der Waals surface area contributed by atoms with Crippen molar-refractivity contribution < 1.29 is 21.6 Å². The molecule has 0 aliphatic heterocycles. The summed E-state index contributed by atoms with van der Waals surface area (Å²) in [7, 11) is -6.46. The number of sulfonamides is 2. The van der Waals surface area contributed by atoms with E-state index in [1.165, 1.54) is 41.9 Å². The van der Waals surface area contributed by atoms with E-state index in [0.29, 0.717) is 24.0 Å². The van der Waals surface area contributed by atoms with Crippen molar-refractivity contribution in [3.8, 4) is 5.75 Å². The van der Waals surface area contributed by atoms with Crippen LogP contribution in [0.5, 0.6) is 5.75 Å². The number of para-hydroxylation sites is 1. The highest BCUT2D eigenvalue weighted by Gasteiger charge is 2.25. The summed E-state index contributed by atoms with van der Waals surface area (Å²) in [4.78, 5) is 4.14.